The van der Waals surface area contributed by atoms with Crippen molar-refractivity contribution in [1.29, 1.82) is 0 Å². The molecule has 0 saturated heterocycles. The maximum atomic E-state index is 11.1. The number of nitro groups is 1. The molecule has 106 valence electrons. The van der Waals surface area contributed by atoms with Crippen molar-refractivity contribution < 1.29 is 4.92 Å². The Balaban J connectivity index is 2.20. The molecule has 0 aliphatic carbocycles. The molecule has 1 heterocycles. The Labute approximate surface area is 121 Å². The van der Waals surface area contributed by atoms with Crippen LogP contribution in [0.2, 0.25) is 0 Å². The summed E-state index contributed by atoms with van der Waals surface area (Å²) in [6.07, 6.45) is 0. The topological polar surface area (TPSA) is 81.2 Å². The zero-order valence-electron chi connectivity index (χ0n) is 11.4. The molecule has 0 aliphatic heterocycles. The van der Waals surface area contributed by atoms with E-state index >= 15 is 0 Å². The number of nitro benzene ring substituents is 1. The first-order valence-corrected chi connectivity index (χ1v) is 7.10. The van der Waals surface area contributed by atoms with E-state index in [0.717, 1.165) is 0 Å². The molecule has 0 aliphatic rings. The Morgan fingerprint density at radius 3 is 2.70 bits per heavy atom. The van der Waals surface area contributed by atoms with E-state index in [1.54, 1.807) is 23.5 Å². The van der Waals surface area contributed by atoms with Gasteiger partial charge in [0.15, 0.2) is 0 Å². The number of nitrogens with one attached hydrogen (secondary N) is 1. The lowest BCUT2D eigenvalue weighted by Crippen LogP contribution is -2.26. The summed E-state index contributed by atoms with van der Waals surface area (Å²) in [5.74, 6) is 0. The Morgan fingerprint density at radius 2 is 2.10 bits per heavy atom. The highest BCUT2D eigenvalue weighted by Crippen LogP contribution is 2.33. The SMILES string of the molecule is CC(C)(CNc1cccc(N)c1[N+](=O)[O-])c1cccs1. The highest BCUT2D eigenvalue weighted by molar-refractivity contribution is 7.10. The van der Waals surface area contributed by atoms with Crippen molar-refractivity contribution in [1.82, 2.24) is 0 Å². The average molecular weight is 291 g/mol. The normalized spacial score (nSPS) is 11.3. The van der Waals surface area contributed by atoms with Gasteiger partial charge in [0.25, 0.3) is 0 Å². The second-order valence-corrected chi connectivity index (χ2v) is 6.16. The predicted molar refractivity (Wildman–Crippen MR) is 83.3 cm³/mol. The Kier molecular flexibility index (Phi) is 3.94. The molecular weight excluding hydrogens is 274 g/mol. The summed E-state index contributed by atoms with van der Waals surface area (Å²) in [5.41, 5.74) is 6.14. The number of nitrogen functional groups attached to an aromatic ring is 1. The minimum atomic E-state index is -0.449. The van der Waals surface area contributed by atoms with Crippen LogP contribution in [-0.2, 0) is 5.41 Å². The molecule has 2 aromatic rings. The number of rotatable bonds is 5. The van der Waals surface area contributed by atoms with E-state index in [1.165, 1.54) is 10.9 Å². The van der Waals surface area contributed by atoms with Crippen LogP contribution >= 0.6 is 11.3 Å². The summed E-state index contributed by atoms with van der Waals surface area (Å²) in [4.78, 5) is 11.9. The van der Waals surface area contributed by atoms with E-state index in [4.69, 9.17) is 5.73 Å². The molecular formula is C14H17N3O2S. The minimum absolute atomic E-state index is 0.0607. The first kappa shape index (κ1) is 14.3. The van der Waals surface area contributed by atoms with Crippen molar-refractivity contribution >= 4 is 28.4 Å². The van der Waals surface area contributed by atoms with E-state index < -0.39 is 4.92 Å². The molecule has 0 saturated carbocycles. The smallest absolute Gasteiger partial charge is 0.314 e. The fourth-order valence-electron chi connectivity index (χ4n) is 1.97. The second-order valence-electron chi connectivity index (χ2n) is 5.22. The molecule has 0 radical (unpaired) electrons. The van der Waals surface area contributed by atoms with Crippen LogP contribution < -0.4 is 11.1 Å². The number of thiophene rings is 1. The Bertz CT molecular complexity index is 609. The van der Waals surface area contributed by atoms with Gasteiger partial charge in [0, 0.05) is 16.8 Å². The molecule has 0 amide bonds. The monoisotopic (exact) mass is 291 g/mol. The first-order chi connectivity index (χ1) is 9.42. The molecule has 1 aromatic carbocycles. The number of nitrogens with two attached hydrogens (primary N) is 1. The lowest BCUT2D eigenvalue weighted by molar-refractivity contribution is -0.383. The molecule has 0 unspecified atom stereocenters. The Hall–Kier alpha value is -2.08. The molecule has 1 aromatic heterocycles. The van der Waals surface area contributed by atoms with Crippen LogP contribution in [0.3, 0.4) is 0 Å². The summed E-state index contributed by atoms with van der Waals surface area (Å²) in [5, 5.41) is 16.3. The zero-order chi connectivity index (χ0) is 14.8. The predicted octanol–water partition coefficient (Wildman–Crippen LogP) is 3.63. The number of nitrogens with zero attached hydrogens (tertiary/aromatic N) is 1. The molecule has 0 spiro atoms. The van der Waals surface area contributed by atoms with Gasteiger partial charge in [-0.3, -0.25) is 10.1 Å². The van der Waals surface area contributed by atoms with Crippen LogP contribution in [0.5, 0.6) is 0 Å². The van der Waals surface area contributed by atoms with Crippen LogP contribution in [0.4, 0.5) is 17.1 Å². The van der Waals surface area contributed by atoms with Gasteiger partial charge >= 0.3 is 5.69 Å². The molecule has 3 N–H and O–H groups in total. The van der Waals surface area contributed by atoms with Crippen molar-refractivity contribution in [3.05, 3.63) is 50.7 Å². The molecule has 5 nitrogen and oxygen atoms in total. The van der Waals surface area contributed by atoms with Crippen molar-refractivity contribution in [2.45, 2.75) is 19.3 Å². The van der Waals surface area contributed by atoms with Crippen molar-refractivity contribution in [3.63, 3.8) is 0 Å². The van der Waals surface area contributed by atoms with E-state index in [-0.39, 0.29) is 16.8 Å². The molecule has 20 heavy (non-hydrogen) atoms. The van der Waals surface area contributed by atoms with Gasteiger partial charge in [-0.25, -0.2) is 0 Å². The summed E-state index contributed by atoms with van der Waals surface area (Å²) in [6, 6.07) is 9.00. The summed E-state index contributed by atoms with van der Waals surface area (Å²) < 4.78 is 0. The van der Waals surface area contributed by atoms with Gasteiger partial charge < -0.3 is 11.1 Å². The zero-order valence-corrected chi connectivity index (χ0v) is 12.2. The third-order valence-electron chi connectivity index (χ3n) is 3.16. The van der Waals surface area contributed by atoms with Crippen LogP contribution in [0, 0.1) is 10.1 Å². The number of para-hydroxylation sites is 1. The summed E-state index contributed by atoms with van der Waals surface area (Å²) in [6.45, 7) is 4.80. The lowest BCUT2D eigenvalue weighted by atomic mass is 9.91. The number of hydrogen-bond donors (Lipinski definition) is 2. The third kappa shape index (κ3) is 2.91. The standard InChI is InChI=1S/C14H17N3O2S/c1-14(2,12-7-4-8-20-12)9-16-11-6-3-5-10(15)13(11)17(18)19/h3-8,16H,9,15H2,1-2H3. The van der Waals surface area contributed by atoms with Gasteiger partial charge in [0.1, 0.15) is 11.4 Å². The second kappa shape index (κ2) is 5.50. The van der Waals surface area contributed by atoms with Crippen molar-refractivity contribution in [2.75, 3.05) is 17.6 Å². The number of hydrogen-bond acceptors (Lipinski definition) is 5. The molecule has 0 fully saturated rings. The van der Waals surface area contributed by atoms with Crippen molar-refractivity contribution in [2.24, 2.45) is 0 Å². The van der Waals surface area contributed by atoms with Crippen LogP contribution in [-0.4, -0.2) is 11.5 Å². The lowest BCUT2D eigenvalue weighted by Gasteiger charge is -2.24. The molecule has 0 bridgehead atoms. The van der Waals surface area contributed by atoms with E-state index in [1.807, 2.05) is 11.4 Å². The summed E-state index contributed by atoms with van der Waals surface area (Å²) in [7, 11) is 0. The van der Waals surface area contributed by atoms with Gasteiger partial charge in [0.05, 0.1) is 4.92 Å². The van der Waals surface area contributed by atoms with Gasteiger partial charge in [-0.1, -0.05) is 26.0 Å². The quantitative estimate of drug-likeness (QED) is 0.501. The van der Waals surface area contributed by atoms with E-state index in [2.05, 4.69) is 25.2 Å². The molecule has 0 atom stereocenters. The molecule has 2 rings (SSSR count). The largest absolute Gasteiger partial charge is 0.393 e. The van der Waals surface area contributed by atoms with E-state index in [0.29, 0.717) is 12.2 Å². The minimum Gasteiger partial charge on any atom is -0.393 e. The van der Waals surface area contributed by atoms with Crippen molar-refractivity contribution in [3.8, 4) is 0 Å². The maximum Gasteiger partial charge on any atom is 0.314 e. The first-order valence-electron chi connectivity index (χ1n) is 6.22. The summed E-state index contributed by atoms with van der Waals surface area (Å²) >= 11 is 1.68. The van der Waals surface area contributed by atoms with Gasteiger partial charge in [-0.05, 0) is 23.6 Å². The highest BCUT2D eigenvalue weighted by Gasteiger charge is 2.24. The maximum absolute atomic E-state index is 11.1. The van der Waals surface area contributed by atoms with Gasteiger partial charge in [-0.15, -0.1) is 11.3 Å². The van der Waals surface area contributed by atoms with Crippen LogP contribution in [0.15, 0.2) is 35.7 Å². The number of anilines is 2. The number of benzene rings is 1. The average Bonchev–Trinajstić information content (AvgIpc) is 2.90. The van der Waals surface area contributed by atoms with E-state index in [9.17, 15) is 10.1 Å². The van der Waals surface area contributed by atoms with Crippen LogP contribution in [0.25, 0.3) is 0 Å². The van der Waals surface area contributed by atoms with Gasteiger partial charge in [0.2, 0.25) is 0 Å². The third-order valence-corrected chi connectivity index (χ3v) is 4.39. The fraction of sp³-hybridized carbons (Fsp3) is 0.286. The van der Waals surface area contributed by atoms with Crippen LogP contribution in [0.1, 0.15) is 18.7 Å². The molecule has 6 heteroatoms. The fourth-order valence-corrected chi connectivity index (χ4v) is 2.83. The highest BCUT2D eigenvalue weighted by atomic mass is 32.1. The Morgan fingerprint density at radius 1 is 1.35 bits per heavy atom. The van der Waals surface area contributed by atoms with Gasteiger partial charge in [-0.2, -0.15) is 0 Å².